The number of aromatic nitrogens is 3. The van der Waals surface area contributed by atoms with E-state index in [1.165, 1.54) is 30.3 Å². The molecule has 1 aromatic heterocycles. The van der Waals surface area contributed by atoms with E-state index >= 15 is 0 Å². The van der Waals surface area contributed by atoms with Crippen molar-refractivity contribution >= 4 is 27.7 Å². The highest BCUT2D eigenvalue weighted by Gasteiger charge is 2.30. The van der Waals surface area contributed by atoms with Gasteiger partial charge >= 0.3 is 6.36 Å². The van der Waals surface area contributed by atoms with Gasteiger partial charge in [-0.05, 0) is 66.6 Å². The van der Waals surface area contributed by atoms with E-state index < -0.39 is 6.36 Å². The summed E-state index contributed by atoms with van der Waals surface area (Å²) >= 11 is 3.44. The SMILES string of the molecule is Cc1nc(C=CC(=N)c2ccc(OC(F)(F)F)cc2)nn1Cc1cccc(Br)c1. The van der Waals surface area contributed by atoms with Gasteiger partial charge in [0, 0.05) is 4.47 Å². The molecule has 0 spiro atoms. The first-order chi connectivity index (χ1) is 13.7. The van der Waals surface area contributed by atoms with Gasteiger partial charge in [0.05, 0.1) is 12.3 Å². The zero-order chi connectivity index (χ0) is 21.0. The Labute approximate surface area is 173 Å². The Morgan fingerprint density at radius 3 is 2.59 bits per heavy atom. The molecule has 3 rings (SSSR count). The number of aryl methyl sites for hydroxylation is 1. The minimum absolute atomic E-state index is 0.115. The maximum Gasteiger partial charge on any atom is 0.573 e. The molecule has 150 valence electrons. The van der Waals surface area contributed by atoms with Crippen molar-refractivity contribution in [2.75, 3.05) is 0 Å². The molecule has 0 aliphatic heterocycles. The van der Waals surface area contributed by atoms with Gasteiger partial charge in [-0.3, -0.25) is 0 Å². The van der Waals surface area contributed by atoms with Crippen LogP contribution in [-0.2, 0) is 6.54 Å². The summed E-state index contributed by atoms with van der Waals surface area (Å²) in [6, 6.07) is 13.0. The fourth-order valence-corrected chi connectivity index (χ4v) is 3.01. The monoisotopic (exact) mass is 464 g/mol. The van der Waals surface area contributed by atoms with Gasteiger partial charge in [-0.1, -0.05) is 28.1 Å². The Hall–Kier alpha value is -2.94. The second-order valence-electron chi connectivity index (χ2n) is 6.12. The lowest BCUT2D eigenvalue weighted by Gasteiger charge is -2.08. The van der Waals surface area contributed by atoms with E-state index in [2.05, 4.69) is 30.7 Å². The molecule has 9 heteroatoms. The first kappa shape index (κ1) is 20.8. The summed E-state index contributed by atoms with van der Waals surface area (Å²) in [4.78, 5) is 4.36. The Balaban J connectivity index is 1.67. The molecule has 0 amide bonds. The minimum Gasteiger partial charge on any atom is -0.406 e. The number of hydrogen-bond acceptors (Lipinski definition) is 4. The summed E-state index contributed by atoms with van der Waals surface area (Å²) < 4.78 is 43.2. The summed E-state index contributed by atoms with van der Waals surface area (Å²) in [7, 11) is 0. The molecule has 5 nitrogen and oxygen atoms in total. The normalized spacial score (nSPS) is 11.8. The van der Waals surface area contributed by atoms with Crippen LogP contribution < -0.4 is 4.74 Å². The van der Waals surface area contributed by atoms with E-state index in [0.717, 1.165) is 15.9 Å². The predicted octanol–water partition coefficient (Wildman–Crippen LogP) is 5.38. The Kier molecular flexibility index (Phi) is 6.17. The van der Waals surface area contributed by atoms with Crippen molar-refractivity contribution < 1.29 is 17.9 Å². The average Bonchev–Trinajstić information content (AvgIpc) is 2.98. The molecule has 0 radical (unpaired) electrons. The molecule has 0 aliphatic rings. The number of hydrogen-bond donors (Lipinski definition) is 1. The topological polar surface area (TPSA) is 63.8 Å². The molecule has 2 aromatic carbocycles. The van der Waals surface area contributed by atoms with E-state index in [1.54, 1.807) is 10.8 Å². The van der Waals surface area contributed by atoms with Gasteiger partial charge in [-0.15, -0.1) is 13.2 Å². The zero-order valence-corrected chi connectivity index (χ0v) is 16.8. The molecular formula is C20H16BrF3N4O. The summed E-state index contributed by atoms with van der Waals surface area (Å²) in [5.41, 5.74) is 1.63. The number of rotatable bonds is 6. The van der Waals surface area contributed by atoms with Crippen LogP contribution in [0.5, 0.6) is 5.75 Å². The van der Waals surface area contributed by atoms with Gasteiger partial charge in [0.1, 0.15) is 11.6 Å². The lowest BCUT2D eigenvalue weighted by molar-refractivity contribution is -0.274. The Morgan fingerprint density at radius 1 is 1.21 bits per heavy atom. The molecule has 0 atom stereocenters. The smallest absolute Gasteiger partial charge is 0.406 e. The van der Waals surface area contributed by atoms with Gasteiger partial charge in [-0.2, -0.15) is 5.10 Å². The summed E-state index contributed by atoms with van der Waals surface area (Å²) in [5.74, 6) is 0.839. The van der Waals surface area contributed by atoms with Crippen molar-refractivity contribution in [2.24, 2.45) is 0 Å². The van der Waals surface area contributed by atoms with Crippen LogP contribution in [0.3, 0.4) is 0 Å². The molecule has 0 saturated carbocycles. The first-order valence-electron chi connectivity index (χ1n) is 8.48. The third kappa shape index (κ3) is 6.02. The minimum atomic E-state index is -4.74. The van der Waals surface area contributed by atoms with E-state index in [1.807, 2.05) is 31.2 Å². The van der Waals surface area contributed by atoms with Gasteiger partial charge in [0.25, 0.3) is 0 Å². The highest BCUT2D eigenvalue weighted by molar-refractivity contribution is 9.10. The van der Waals surface area contributed by atoms with Crippen LogP contribution >= 0.6 is 15.9 Å². The lowest BCUT2D eigenvalue weighted by atomic mass is 10.1. The number of nitrogens with zero attached hydrogens (tertiary/aromatic N) is 3. The van der Waals surface area contributed by atoms with Gasteiger partial charge in [0.15, 0.2) is 5.82 Å². The third-order valence-electron chi connectivity index (χ3n) is 3.89. The number of nitrogens with one attached hydrogen (secondary N) is 1. The van der Waals surface area contributed by atoms with Crippen molar-refractivity contribution in [2.45, 2.75) is 19.8 Å². The van der Waals surface area contributed by atoms with Crippen molar-refractivity contribution in [3.63, 3.8) is 0 Å². The maximum absolute atomic E-state index is 12.2. The molecule has 0 aliphatic carbocycles. The molecule has 0 fully saturated rings. The van der Waals surface area contributed by atoms with Crippen LogP contribution in [0.4, 0.5) is 13.2 Å². The highest BCUT2D eigenvalue weighted by Crippen LogP contribution is 2.23. The lowest BCUT2D eigenvalue weighted by Crippen LogP contribution is -2.17. The fourth-order valence-electron chi connectivity index (χ4n) is 2.56. The van der Waals surface area contributed by atoms with Gasteiger partial charge in [0.2, 0.25) is 0 Å². The quantitative estimate of drug-likeness (QED) is 0.498. The van der Waals surface area contributed by atoms with Crippen LogP contribution in [0.1, 0.15) is 22.8 Å². The van der Waals surface area contributed by atoms with E-state index in [9.17, 15) is 13.2 Å². The maximum atomic E-state index is 12.2. The summed E-state index contributed by atoms with van der Waals surface area (Å²) in [5, 5.41) is 12.5. The number of benzene rings is 2. The highest BCUT2D eigenvalue weighted by atomic mass is 79.9. The van der Waals surface area contributed by atoms with Gasteiger partial charge < -0.3 is 10.1 Å². The second-order valence-corrected chi connectivity index (χ2v) is 7.04. The van der Waals surface area contributed by atoms with E-state index in [4.69, 9.17) is 5.41 Å². The Bertz CT molecular complexity index is 1040. The van der Waals surface area contributed by atoms with Crippen LogP contribution in [0, 0.1) is 12.3 Å². The standard InChI is InChI=1S/C20H16BrF3N4O/c1-13-26-19(27-28(13)12-14-3-2-4-16(21)11-14)10-9-18(25)15-5-7-17(8-6-15)29-20(22,23)24/h2-11,25H,12H2,1H3. The predicted molar refractivity (Wildman–Crippen MR) is 107 cm³/mol. The molecule has 0 unspecified atom stereocenters. The number of ether oxygens (including phenoxy) is 1. The van der Waals surface area contributed by atoms with Crippen LogP contribution in [-0.4, -0.2) is 26.8 Å². The van der Waals surface area contributed by atoms with Crippen molar-refractivity contribution in [1.82, 2.24) is 14.8 Å². The molecule has 0 saturated heterocycles. The second kappa shape index (κ2) is 8.60. The molecule has 3 aromatic rings. The number of allylic oxidation sites excluding steroid dienone is 1. The molecule has 1 N–H and O–H groups in total. The molecule has 1 heterocycles. The molecule has 29 heavy (non-hydrogen) atoms. The van der Waals surface area contributed by atoms with Gasteiger partial charge in [-0.25, -0.2) is 9.67 Å². The van der Waals surface area contributed by atoms with E-state index in [-0.39, 0.29) is 11.5 Å². The van der Waals surface area contributed by atoms with Crippen molar-refractivity contribution in [3.05, 3.63) is 81.9 Å². The average molecular weight is 465 g/mol. The van der Waals surface area contributed by atoms with Crippen molar-refractivity contribution in [1.29, 1.82) is 5.41 Å². The van der Waals surface area contributed by atoms with E-state index in [0.29, 0.717) is 17.9 Å². The van der Waals surface area contributed by atoms with Crippen LogP contribution in [0.15, 0.2) is 59.1 Å². The number of halogens is 4. The third-order valence-corrected chi connectivity index (χ3v) is 4.39. The Morgan fingerprint density at radius 2 is 1.93 bits per heavy atom. The fraction of sp³-hybridized carbons (Fsp3) is 0.150. The zero-order valence-electron chi connectivity index (χ0n) is 15.2. The summed E-state index contributed by atoms with van der Waals surface area (Å²) in [6.07, 6.45) is -1.65. The van der Waals surface area contributed by atoms with Crippen LogP contribution in [0.2, 0.25) is 0 Å². The van der Waals surface area contributed by atoms with Crippen molar-refractivity contribution in [3.8, 4) is 5.75 Å². The molecule has 0 bridgehead atoms. The number of alkyl halides is 3. The largest absolute Gasteiger partial charge is 0.573 e. The first-order valence-corrected chi connectivity index (χ1v) is 9.27. The van der Waals surface area contributed by atoms with Crippen LogP contribution in [0.25, 0.3) is 6.08 Å². The molecular weight excluding hydrogens is 449 g/mol. The summed E-state index contributed by atoms with van der Waals surface area (Å²) in [6.45, 7) is 2.40.